The Hall–Kier alpha value is -8.21. The Morgan fingerprint density at radius 1 is 0.246 bits per heavy atom. The van der Waals surface area contributed by atoms with Crippen molar-refractivity contribution < 1.29 is 0 Å². The molecule has 3 heterocycles. The van der Waals surface area contributed by atoms with E-state index in [2.05, 4.69) is 232 Å². The van der Waals surface area contributed by atoms with Gasteiger partial charge in [-0.3, -0.25) is 4.57 Å². The van der Waals surface area contributed by atoms with Crippen LogP contribution < -0.4 is 0 Å². The second kappa shape index (κ2) is 13.2. The van der Waals surface area contributed by atoms with Crippen LogP contribution in [0, 0.1) is 0 Å². The Labute approximate surface area is 351 Å². The molecule has 10 aromatic carbocycles. The number of fused-ring (bicyclic) bond motifs is 13. The van der Waals surface area contributed by atoms with Crippen LogP contribution in [-0.4, -0.2) is 18.7 Å². The minimum atomic E-state index is 0.922. The van der Waals surface area contributed by atoms with Crippen molar-refractivity contribution in [3.05, 3.63) is 218 Å². The lowest BCUT2D eigenvalue weighted by molar-refractivity contribution is 1.09. The maximum atomic E-state index is 5.46. The van der Waals surface area contributed by atoms with E-state index in [9.17, 15) is 0 Å². The largest absolute Gasteiger partial charge is 0.307 e. The maximum absolute atomic E-state index is 5.46. The van der Waals surface area contributed by atoms with Crippen LogP contribution in [0.5, 0.6) is 0 Å². The fourth-order valence-corrected chi connectivity index (χ4v) is 9.96. The van der Waals surface area contributed by atoms with E-state index in [-0.39, 0.29) is 0 Å². The van der Waals surface area contributed by atoms with E-state index in [0.717, 1.165) is 44.9 Å². The van der Waals surface area contributed by atoms with Crippen molar-refractivity contribution in [2.75, 3.05) is 0 Å². The summed E-state index contributed by atoms with van der Waals surface area (Å²) in [5.41, 5.74) is 13.6. The maximum Gasteiger partial charge on any atom is 0.145 e. The molecule has 0 saturated heterocycles. The highest BCUT2D eigenvalue weighted by Gasteiger charge is 2.23. The molecule has 0 aliphatic carbocycles. The summed E-state index contributed by atoms with van der Waals surface area (Å²) >= 11 is 0. The summed E-state index contributed by atoms with van der Waals surface area (Å²) in [7, 11) is 0. The van der Waals surface area contributed by atoms with Gasteiger partial charge < -0.3 is 9.13 Å². The number of rotatable bonds is 5. The highest BCUT2D eigenvalue weighted by molar-refractivity contribution is 6.25. The molecule has 0 fully saturated rings. The van der Waals surface area contributed by atoms with Crippen LogP contribution in [0.1, 0.15) is 0 Å². The smallest absolute Gasteiger partial charge is 0.145 e. The third-order valence-electron chi connectivity index (χ3n) is 12.6. The zero-order valence-electron chi connectivity index (χ0n) is 33.1. The number of imidazole rings is 1. The van der Waals surface area contributed by atoms with Crippen LogP contribution >= 0.6 is 0 Å². The van der Waals surface area contributed by atoms with Crippen molar-refractivity contribution in [2.24, 2.45) is 0 Å². The molecule has 0 aliphatic heterocycles. The van der Waals surface area contributed by atoms with Gasteiger partial charge in [0.05, 0.1) is 33.1 Å². The van der Waals surface area contributed by atoms with Crippen molar-refractivity contribution in [2.45, 2.75) is 0 Å². The minimum Gasteiger partial charge on any atom is -0.307 e. The summed E-state index contributed by atoms with van der Waals surface area (Å²) in [6.07, 6.45) is 0. The zero-order chi connectivity index (χ0) is 40.0. The average molecular weight is 777 g/mol. The van der Waals surface area contributed by atoms with Gasteiger partial charge in [-0.15, -0.1) is 0 Å². The summed E-state index contributed by atoms with van der Waals surface area (Å²) in [6.45, 7) is 0. The van der Waals surface area contributed by atoms with Gasteiger partial charge in [-0.05, 0) is 70.4 Å². The quantitative estimate of drug-likeness (QED) is 0.160. The summed E-state index contributed by atoms with van der Waals surface area (Å²) in [6, 6.07) is 79.0. The number of benzene rings is 10. The highest BCUT2D eigenvalue weighted by atomic mass is 15.1. The lowest BCUT2D eigenvalue weighted by Crippen LogP contribution is -2.01. The molecule has 13 rings (SSSR count). The third-order valence-corrected chi connectivity index (χ3v) is 12.6. The molecule has 3 aromatic heterocycles. The molecule has 0 saturated carbocycles. The minimum absolute atomic E-state index is 0.922. The van der Waals surface area contributed by atoms with Crippen molar-refractivity contribution in [1.29, 1.82) is 0 Å². The Balaban J connectivity index is 1.07. The number of nitrogens with zero attached hydrogens (tertiary/aromatic N) is 4. The van der Waals surface area contributed by atoms with Gasteiger partial charge in [-0.1, -0.05) is 170 Å². The molecule has 61 heavy (non-hydrogen) atoms. The molecular weight excluding hydrogens is 741 g/mol. The molecular formula is C57H36N4. The van der Waals surface area contributed by atoms with Crippen LogP contribution in [0.2, 0.25) is 0 Å². The second-order valence-corrected chi connectivity index (χ2v) is 15.9. The Bertz CT molecular complexity index is 3830. The van der Waals surface area contributed by atoms with Crippen LogP contribution in [0.4, 0.5) is 0 Å². The van der Waals surface area contributed by atoms with Crippen LogP contribution in [-0.2, 0) is 0 Å². The van der Waals surface area contributed by atoms with E-state index in [4.69, 9.17) is 4.98 Å². The summed E-state index contributed by atoms with van der Waals surface area (Å²) in [4.78, 5) is 5.46. The van der Waals surface area contributed by atoms with E-state index < -0.39 is 0 Å². The van der Waals surface area contributed by atoms with E-state index in [1.807, 2.05) is 0 Å². The fourth-order valence-electron chi connectivity index (χ4n) is 9.96. The molecule has 13 aromatic rings. The number of para-hydroxylation sites is 2. The van der Waals surface area contributed by atoms with E-state index in [1.165, 1.54) is 70.9 Å². The standard InChI is InChI=1S/C57H36N4/c1-3-15-37(16-4-1)38-27-29-40(30-28-38)59-51-25-13-11-21-45(51)49-35-36-50-46-22-12-14-26-52(46)60(56(50)55(49)59)41-31-33-42(34-32-41)61-54-48-24-10-8-20-44(48)43-19-7-9-23-47(43)53(54)58-57(61)39-17-5-2-6-18-39/h1-36H. The van der Waals surface area contributed by atoms with E-state index in [0.29, 0.717) is 0 Å². The zero-order valence-corrected chi connectivity index (χ0v) is 33.1. The van der Waals surface area contributed by atoms with Gasteiger partial charge in [0.15, 0.2) is 0 Å². The van der Waals surface area contributed by atoms with Gasteiger partial charge >= 0.3 is 0 Å². The molecule has 0 amide bonds. The van der Waals surface area contributed by atoms with Gasteiger partial charge in [0.2, 0.25) is 0 Å². The molecule has 0 unspecified atom stereocenters. The molecule has 284 valence electrons. The monoisotopic (exact) mass is 776 g/mol. The highest BCUT2D eigenvalue weighted by Crippen LogP contribution is 2.43. The summed E-state index contributed by atoms with van der Waals surface area (Å²) < 4.78 is 7.30. The predicted molar refractivity (Wildman–Crippen MR) is 256 cm³/mol. The first-order valence-electron chi connectivity index (χ1n) is 20.9. The van der Waals surface area contributed by atoms with Gasteiger partial charge in [0.1, 0.15) is 5.82 Å². The first-order valence-corrected chi connectivity index (χ1v) is 20.9. The van der Waals surface area contributed by atoms with Crippen LogP contribution in [0.3, 0.4) is 0 Å². The first-order chi connectivity index (χ1) is 30.3. The van der Waals surface area contributed by atoms with Gasteiger partial charge in [0.25, 0.3) is 0 Å². The number of hydrogen-bond acceptors (Lipinski definition) is 1. The topological polar surface area (TPSA) is 27.7 Å². The number of hydrogen-bond donors (Lipinski definition) is 0. The molecule has 0 spiro atoms. The second-order valence-electron chi connectivity index (χ2n) is 15.9. The summed E-state index contributed by atoms with van der Waals surface area (Å²) in [5.74, 6) is 0.922. The predicted octanol–water partition coefficient (Wildman–Crippen LogP) is 14.9. The first kappa shape index (κ1) is 33.7. The Morgan fingerprint density at radius 2 is 0.623 bits per heavy atom. The number of aromatic nitrogens is 4. The molecule has 0 atom stereocenters. The molecule has 0 aliphatic rings. The van der Waals surface area contributed by atoms with Gasteiger partial charge in [-0.25, -0.2) is 4.98 Å². The average Bonchev–Trinajstić information content (AvgIpc) is 4.01. The lowest BCUT2D eigenvalue weighted by atomic mass is 10.00. The third kappa shape index (κ3) is 4.97. The SMILES string of the molecule is c1ccc(-c2ccc(-n3c4ccccc4c4ccc5c6ccccc6n(-c6ccc(-n7c(-c8ccccc8)nc8c9ccccc9c9ccccc9c87)cc6)c5c43)cc2)cc1. The normalized spacial score (nSPS) is 11.9. The van der Waals surface area contributed by atoms with Crippen molar-refractivity contribution in [3.63, 3.8) is 0 Å². The summed E-state index contributed by atoms with van der Waals surface area (Å²) in [5, 5.41) is 9.70. The van der Waals surface area contributed by atoms with Crippen molar-refractivity contribution in [3.8, 4) is 39.6 Å². The Morgan fingerprint density at radius 3 is 1.18 bits per heavy atom. The van der Waals surface area contributed by atoms with Gasteiger partial charge in [-0.2, -0.15) is 0 Å². The molecule has 0 bridgehead atoms. The van der Waals surface area contributed by atoms with Gasteiger partial charge in [0, 0.05) is 54.9 Å². The fraction of sp³-hybridized carbons (Fsp3) is 0. The van der Waals surface area contributed by atoms with Crippen LogP contribution in [0.15, 0.2) is 218 Å². The van der Waals surface area contributed by atoms with Crippen molar-refractivity contribution >= 4 is 76.2 Å². The van der Waals surface area contributed by atoms with Crippen LogP contribution in [0.25, 0.3) is 116 Å². The van der Waals surface area contributed by atoms with E-state index >= 15 is 0 Å². The molecule has 0 radical (unpaired) electrons. The van der Waals surface area contributed by atoms with Crippen molar-refractivity contribution in [1.82, 2.24) is 18.7 Å². The molecule has 4 heteroatoms. The lowest BCUT2D eigenvalue weighted by Gasteiger charge is -2.15. The van der Waals surface area contributed by atoms with E-state index in [1.54, 1.807) is 0 Å². The molecule has 0 N–H and O–H groups in total. The molecule has 4 nitrogen and oxygen atoms in total. The Kier molecular flexibility index (Phi) is 7.27.